The summed E-state index contributed by atoms with van der Waals surface area (Å²) in [7, 11) is -1.90. The lowest BCUT2D eigenvalue weighted by Crippen LogP contribution is -2.27. The Labute approximate surface area is 126 Å². The summed E-state index contributed by atoms with van der Waals surface area (Å²) in [5, 5.41) is 0. The Bertz CT molecular complexity index is 717. The largest absolute Gasteiger partial charge is 0.265 e. The normalized spacial score (nSPS) is 11.9. The Balaban J connectivity index is 2.38. The van der Waals surface area contributed by atoms with E-state index in [0.29, 0.717) is 11.4 Å². The van der Waals surface area contributed by atoms with Crippen LogP contribution in [0, 0.1) is 20.8 Å². The van der Waals surface area contributed by atoms with Gasteiger partial charge in [-0.15, -0.1) is 0 Å². The summed E-state index contributed by atoms with van der Waals surface area (Å²) in [5.41, 5.74) is 3.56. The van der Waals surface area contributed by atoms with Gasteiger partial charge in [0.05, 0.1) is 4.90 Å². The molecule has 2 rings (SSSR count). The van der Waals surface area contributed by atoms with E-state index >= 15 is 0 Å². The van der Waals surface area contributed by atoms with Crippen molar-refractivity contribution in [2.24, 2.45) is 0 Å². The van der Waals surface area contributed by atoms with Gasteiger partial charge in [-0.1, -0.05) is 17.7 Å². The Kier molecular flexibility index (Phi) is 4.44. The molecule has 4 nitrogen and oxygen atoms in total. The van der Waals surface area contributed by atoms with Crippen molar-refractivity contribution in [2.75, 3.05) is 7.05 Å². The molecule has 0 saturated heterocycles. The lowest BCUT2D eigenvalue weighted by atomic mass is 10.1. The molecule has 0 radical (unpaired) electrons. The summed E-state index contributed by atoms with van der Waals surface area (Å²) >= 11 is 0. The van der Waals surface area contributed by atoms with Crippen molar-refractivity contribution in [2.45, 2.75) is 32.2 Å². The third-order valence-electron chi connectivity index (χ3n) is 3.43. The molecule has 0 fully saturated rings. The van der Waals surface area contributed by atoms with E-state index in [-0.39, 0.29) is 0 Å². The maximum absolute atomic E-state index is 12.8. The molecule has 112 valence electrons. The third kappa shape index (κ3) is 3.31. The van der Waals surface area contributed by atoms with E-state index in [1.807, 2.05) is 45.0 Å². The minimum Gasteiger partial charge on any atom is -0.265 e. The fourth-order valence-corrected chi connectivity index (χ4v) is 4.12. The van der Waals surface area contributed by atoms with Gasteiger partial charge in [0.2, 0.25) is 10.0 Å². The first-order chi connectivity index (χ1) is 9.82. The van der Waals surface area contributed by atoms with Crippen molar-refractivity contribution >= 4 is 10.0 Å². The van der Waals surface area contributed by atoms with Gasteiger partial charge in [-0.3, -0.25) is 4.98 Å². The molecule has 0 spiro atoms. The molecule has 0 saturated carbocycles. The minimum atomic E-state index is -3.50. The predicted molar refractivity (Wildman–Crippen MR) is 83.5 cm³/mol. The van der Waals surface area contributed by atoms with Crippen LogP contribution in [0.2, 0.25) is 0 Å². The molecule has 5 heteroatoms. The van der Waals surface area contributed by atoms with Crippen LogP contribution in [0.25, 0.3) is 0 Å². The van der Waals surface area contributed by atoms with Crippen LogP contribution in [0.4, 0.5) is 0 Å². The zero-order chi connectivity index (χ0) is 15.6. The zero-order valence-corrected chi connectivity index (χ0v) is 13.6. The van der Waals surface area contributed by atoms with Crippen LogP contribution in [0.15, 0.2) is 41.6 Å². The molecule has 0 amide bonds. The highest BCUT2D eigenvalue weighted by Crippen LogP contribution is 2.25. The van der Waals surface area contributed by atoms with Crippen molar-refractivity contribution in [1.29, 1.82) is 0 Å². The van der Waals surface area contributed by atoms with Crippen molar-refractivity contribution in [1.82, 2.24) is 9.29 Å². The first-order valence-corrected chi connectivity index (χ1v) is 8.19. The average Bonchev–Trinajstić information content (AvgIpc) is 2.38. The van der Waals surface area contributed by atoms with E-state index in [1.54, 1.807) is 19.4 Å². The van der Waals surface area contributed by atoms with E-state index in [2.05, 4.69) is 4.98 Å². The first kappa shape index (κ1) is 15.7. The second-order valence-corrected chi connectivity index (χ2v) is 7.33. The molecule has 0 aliphatic carbocycles. The van der Waals surface area contributed by atoms with Gasteiger partial charge in [0.1, 0.15) is 0 Å². The van der Waals surface area contributed by atoms with Gasteiger partial charge in [0.15, 0.2) is 0 Å². The molecule has 0 atom stereocenters. The predicted octanol–water partition coefficient (Wildman–Crippen LogP) is 2.83. The maximum Gasteiger partial charge on any atom is 0.243 e. The summed E-state index contributed by atoms with van der Waals surface area (Å²) in [4.78, 5) is 4.35. The number of hydrogen-bond acceptors (Lipinski definition) is 3. The van der Waals surface area contributed by atoms with E-state index < -0.39 is 10.0 Å². The van der Waals surface area contributed by atoms with Gasteiger partial charge in [-0.05, 0) is 49.6 Å². The van der Waals surface area contributed by atoms with Crippen LogP contribution < -0.4 is 0 Å². The number of rotatable bonds is 4. The quantitative estimate of drug-likeness (QED) is 0.872. The average molecular weight is 304 g/mol. The van der Waals surface area contributed by atoms with Crippen LogP contribution in [-0.4, -0.2) is 24.8 Å². The Morgan fingerprint density at radius 3 is 2.10 bits per heavy atom. The van der Waals surface area contributed by atoms with E-state index in [4.69, 9.17) is 0 Å². The molecule has 1 aromatic heterocycles. The standard InChI is InChI=1S/C16H20N2O2S/c1-12-9-13(2)16(14(3)10-12)21(19,20)18(4)11-15-5-7-17-8-6-15/h5-10H,11H2,1-4H3. The smallest absolute Gasteiger partial charge is 0.243 e. The second kappa shape index (κ2) is 5.95. The lowest BCUT2D eigenvalue weighted by molar-refractivity contribution is 0.465. The minimum absolute atomic E-state index is 0.331. The molecule has 2 aromatic rings. The number of benzene rings is 1. The van der Waals surface area contributed by atoms with Crippen LogP contribution >= 0.6 is 0 Å². The van der Waals surface area contributed by atoms with E-state index in [1.165, 1.54) is 4.31 Å². The molecule has 1 aromatic carbocycles. The molecule has 0 aliphatic heterocycles. The Morgan fingerprint density at radius 2 is 1.57 bits per heavy atom. The van der Waals surface area contributed by atoms with Crippen LogP contribution in [0.3, 0.4) is 0 Å². The van der Waals surface area contributed by atoms with Crippen LogP contribution in [-0.2, 0) is 16.6 Å². The van der Waals surface area contributed by atoms with Gasteiger partial charge in [-0.2, -0.15) is 4.31 Å². The SMILES string of the molecule is Cc1cc(C)c(S(=O)(=O)N(C)Cc2ccncc2)c(C)c1. The molecule has 0 bridgehead atoms. The topological polar surface area (TPSA) is 50.3 Å². The highest BCUT2D eigenvalue weighted by atomic mass is 32.2. The number of sulfonamides is 1. The first-order valence-electron chi connectivity index (χ1n) is 6.75. The molecule has 1 heterocycles. The summed E-state index contributed by atoms with van der Waals surface area (Å²) in [6, 6.07) is 7.45. The highest BCUT2D eigenvalue weighted by molar-refractivity contribution is 7.89. The van der Waals surface area contributed by atoms with Gasteiger partial charge in [-0.25, -0.2) is 8.42 Å². The lowest BCUT2D eigenvalue weighted by Gasteiger charge is -2.20. The van der Waals surface area contributed by atoms with Gasteiger partial charge >= 0.3 is 0 Å². The molecular weight excluding hydrogens is 284 g/mol. The van der Waals surface area contributed by atoms with Crippen molar-refractivity contribution in [3.8, 4) is 0 Å². The second-order valence-electron chi connectivity index (χ2n) is 5.34. The summed E-state index contributed by atoms with van der Waals surface area (Å²) in [6.07, 6.45) is 3.33. The van der Waals surface area contributed by atoms with Crippen LogP contribution in [0.1, 0.15) is 22.3 Å². The number of aryl methyl sites for hydroxylation is 3. The summed E-state index contributed by atoms with van der Waals surface area (Å²) < 4.78 is 27.0. The third-order valence-corrected chi connectivity index (χ3v) is 5.54. The van der Waals surface area contributed by atoms with Crippen molar-refractivity contribution in [3.63, 3.8) is 0 Å². The summed E-state index contributed by atoms with van der Waals surface area (Å²) in [6.45, 7) is 5.98. The molecule has 0 aliphatic rings. The maximum atomic E-state index is 12.8. The van der Waals surface area contributed by atoms with E-state index in [9.17, 15) is 8.42 Å². The number of nitrogens with zero attached hydrogens (tertiary/aromatic N) is 2. The van der Waals surface area contributed by atoms with Crippen molar-refractivity contribution < 1.29 is 8.42 Å². The molecule has 21 heavy (non-hydrogen) atoms. The highest BCUT2D eigenvalue weighted by Gasteiger charge is 2.25. The fraction of sp³-hybridized carbons (Fsp3) is 0.312. The molecule has 0 unspecified atom stereocenters. The molecule has 0 N–H and O–H groups in total. The Hall–Kier alpha value is -1.72. The Morgan fingerprint density at radius 1 is 1.05 bits per heavy atom. The zero-order valence-electron chi connectivity index (χ0n) is 12.8. The van der Waals surface area contributed by atoms with Gasteiger partial charge in [0, 0.05) is 26.0 Å². The van der Waals surface area contributed by atoms with Gasteiger partial charge in [0.25, 0.3) is 0 Å². The van der Waals surface area contributed by atoms with Crippen molar-refractivity contribution in [3.05, 3.63) is 58.9 Å². The fourth-order valence-electron chi connectivity index (χ4n) is 2.56. The monoisotopic (exact) mass is 304 g/mol. The number of aromatic nitrogens is 1. The number of hydrogen-bond donors (Lipinski definition) is 0. The summed E-state index contributed by atoms with van der Waals surface area (Å²) in [5.74, 6) is 0. The van der Waals surface area contributed by atoms with Gasteiger partial charge < -0.3 is 0 Å². The molecular formula is C16H20N2O2S. The van der Waals surface area contributed by atoms with E-state index in [0.717, 1.165) is 22.3 Å². The number of pyridine rings is 1. The van der Waals surface area contributed by atoms with Crippen LogP contribution in [0.5, 0.6) is 0 Å².